The first-order valence-electron chi connectivity index (χ1n) is 11.2. The average molecular weight is 439 g/mol. The summed E-state index contributed by atoms with van der Waals surface area (Å²) in [6, 6.07) is 18.0. The lowest BCUT2D eigenvalue weighted by Crippen LogP contribution is -2.48. The van der Waals surface area contributed by atoms with E-state index in [1.54, 1.807) is 0 Å². The van der Waals surface area contributed by atoms with Gasteiger partial charge in [-0.3, -0.25) is 25.3 Å². The third-order valence-corrected chi connectivity index (χ3v) is 5.54. The van der Waals surface area contributed by atoms with Gasteiger partial charge in [0.2, 0.25) is 5.91 Å². The molecular formula is C25H34N4O3. The Bertz CT molecular complexity index is 888. The highest BCUT2D eigenvalue weighted by Gasteiger charge is 2.20. The monoisotopic (exact) mass is 438 g/mol. The zero-order valence-electron chi connectivity index (χ0n) is 19.3. The van der Waals surface area contributed by atoms with Gasteiger partial charge in [0, 0.05) is 44.8 Å². The number of benzene rings is 2. The summed E-state index contributed by atoms with van der Waals surface area (Å²) >= 11 is 0. The molecule has 0 aliphatic carbocycles. The lowest BCUT2D eigenvalue weighted by atomic mass is 9.86. The summed E-state index contributed by atoms with van der Waals surface area (Å²) in [5, 5.41) is 0. The molecule has 1 aliphatic rings. The molecule has 7 nitrogen and oxygen atoms in total. The number of rotatable bonds is 7. The maximum Gasteiger partial charge on any atom is 0.276 e. The largest absolute Gasteiger partial charge is 0.483 e. The molecule has 0 saturated carbocycles. The topological polar surface area (TPSA) is 73.9 Å². The Hall–Kier alpha value is -3.06. The number of carbonyl (C=O) groups excluding carboxylic acids is 2. The van der Waals surface area contributed by atoms with Crippen LogP contribution in [-0.2, 0) is 15.0 Å². The van der Waals surface area contributed by atoms with Crippen molar-refractivity contribution in [3.05, 3.63) is 60.2 Å². The zero-order valence-corrected chi connectivity index (χ0v) is 19.3. The summed E-state index contributed by atoms with van der Waals surface area (Å²) in [6.45, 7) is 10.5. The van der Waals surface area contributed by atoms with Crippen molar-refractivity contribution in [3.63, 3.8) is 0 Å². The van der Waals surface area contributed by atoms with Crippen LogP contribution in [0.25, 0.3) is 0 Å². The fraction of sp³-hybridized carbons (Fsp3) is 0.440. The second-order valence-corrected chi connectivity index (χ2v) is 9.05. The molecule has 0 radical (unpaired) electrons. The van der Waals surface area contributed by atoms with E-state index in [0.29, 0.717) is 18.7 Å². The Labute approximate surface area is 190 Å². The number of para-hydroxylation sites is 2. The average Bonchev–Trinajstić information content (AvgIpc) is 2.80. The molecule has 2 amide bonds. The van der Waals surface area contributed by atoms with E-state index >= 15 is 0 Å². The van der Waals surface area contributed by atoms with E-state index in [0.717, 1.165) is 31.7 Å². The number of amides is 2. The summed E-state index contributed by atoms with van der Waals surface area (Å²) in [7, 11) is 0. The molecule has 1 fully saturated rings. The van der Waals surface area contributed by atoms with Crippen LogP contribution in [0.3, 0.4) is 0 Å². The highest BCUT2D eigenvalue weighted by Crippen LogP contribution is 2.30. The predicted molar refractivity (Wildman–Crippen MR) is 127 cm³/mol. The molecule has 2 N–H and O–H groups in total. The van der Waals surface area contributed by atoms with E-state index in [9.17, 15) is 9.59 Å². The van der Waals surface area contributed by atoms with Crippen LogP contribution in [0.15, 0.2) is 54.6 Å². The van der Waals surface area contributed by atoms with Crippen LogP contribution in [0, 0.1) is 0 Å². The number of hydrazine groups is 1. The molecule has 0 unspecified atom stereocenters. The van der Waals surface area contributed by atoms with E-state index in [2.05, 4.69) is 65.7 Å². The Kier molecular flexibility index (Phi) is 8.11. The Morgan fingerprint density at radius 1 is 0.875 bits per heavy atom. The van der Waals surface area contributed by atoms with Gasteiger partial charge < -0.3 is 9.64 Å². The molecule has 0 spiro atoms. The van der Waals surface area contributed by atoms with Gasteiger partial charge in [-0.2, -0.15) is 0 Å². The van der Waals surface area contributed by atoms with Crippen molar-refractivity contribution in [2.45, 2.75) is 32.6 Å². The Morgan fingerprint density at radius 2 is 1.50 bits per heavy atom. The maximum atomic E-state index is 12.1. The summed E-state index contributed by atoms with van der Waals surface area (Å²) in [6.07, 6.45) is 0.333. The summed E-state index contributed by atoms with van der Waals surface area (Å²) in [5.41, 5.74) is 7.10. The number of ether oxygens (including phenoxy) is 1. The quantitative estimate of drug-likeness (QED) is 0.651. The van der Waals surface area contributed by atoms with Gasteiger partial charge in [-0.05, 0) is 29.2 Å². The van der Waals surface area contributed by atoms with Gasteiger partial charge in [-0.1, -0.05) is 57.2 Å². The first kappa shape index (κ1) is 23.6. The molecule has 1 heterocycles. The van der Waals surface area contributed by atoms with Crippen LogP contribution in [-0.4, -0.2) is 56.0 Å². The minimum atomic E-state index is -0.390. The highest BCUT2D eigenvalue weighted by atomic mass is 16.5. The molecule has 1 saturated heterocycles. The van der Waals surface area contributed by atoms with E-state index < -0.39 is 5.91 Å². The summed E-state index contributed by atoms with van der Waals surface area (Å²) in [4.78, 5) is 28.9. The number of carbonyl (C=O) groups is 2. The number of hydrogen-bond donors (Lipinski definition) is 2. The molecule has 3 rings (SSSR count). The van der Waals surface area contributed by atoms with Gasteiger partial charge in [-0.15, -0.1) is 0 Å². The van der Waals surface area contributed by atoms with Crippen molar-refractivity contribution < 1.29 is 14.3 Å². The van der Waals surface area contributed by atoms with Crippen molar-refractivity contribution in [2.75, 3.05) is 44.2 Å². The van der Waals surface area contributed by atoms with Crippen LogP contribution in [0.2, 0.25) is 0 Å². The van der Waals surface area contributed by atoms with Crippen molar-refractivity contribution >= 4 is 17.5 Å². The van der Waals surface area contributed by atoms with Crippen molar-refractivity contribution in [2.24, 2.45) is 0 Å². The highest BCUT2D eigenvalue weighted by molar-refractivity contribution is 5.82. The number of nitrogens with one attached hydrogen (secondary N) is 2. The fourth-order valence-corrected chi connectivity index (χ4v) is 3.72. The van der Waals surface area contributed by atoms with E-state index in [1.807, 2.05) is 30.3 Å². The number of piperazine rings is 1. The van der Waals surface area contributed by atoms with Crippen LogP contribution in [0.5, 0.6) is 5.75 Å². The van der Waals surface area contributed by atoms with Crippen LogP contribution < -0.4 is 20.5 Å². The number of nitrogens with zero attached hydrogens (tertiary/aromatic N) is 2. The molecule has 0 bridgehead atoms. The van der Waals surface area contributed by atoms with Gasteiger partial charge in [0.1, 0.15) is 5.75 Å². The first-order valence-corrected chi connectivity index (χ1v) is 11.2. The zero-order chi connectivity index (χ0) is 23.0. The molecule has 0 aromatic heterocycles. The molecule has 172 valence electrons. The second kappa shape index (κ2) is 11.0. The smallest absolute Gasteiger partial charge is 0.276 e. The summed E-state index contributed by atoms with van der Waals surface area (Å²) in [5.74, 6) is 0.0774. The van der Waals surface area contributed by atoms with Crippen molar-refractivity contribution in [3.8, 4) is 5.75 Å². The molecule has 2 aromatic carbocycles. The molecular weight excluding hydrogens is 404 g/mol. The molecule has 7 heteroatoms. The van der Waals surface area contributed by atoms with Gasteiger partial charge in [0.15, 0.2) is 6.61 Å². The Morgan fingerprint density at radius 3 is 2.19 bits per heavy atom. The first-order chi connectivity index (χ1) is 15.3. The van der Waals surface area contributed by atoms with Crippen LogP contribution in [0.4, 0.5) is 5.69 Å². The third-order valence-electron chi connectivity index (χ3n) is 5.54. The second-order valence-electron chi connectivity index (χ2n) is 9.05. The lowest BCUT2D eigenvalue weighted by Gasteiger charge is -2.36. The lowest BCUT2D eigenvalue weighted by molar-refractivity contribution is -0.130. The molecule has 1 aliphatic heterocycles. The Balaban J connectivity index is 1.33. The van der Waals surface area contributed by atoms with E-state index in [-0.39, 0.29) is 17.9 Å². The standard InChI is InChI=1S/C25H34N4O3/c1-25(2,3)21-11-7-8-12-22(21)32-19-24(31)27-26-23(30)13-14-28-15-17-29(18-16-28)20-9-5-4-6-10-20/h4-12H,13-19H2,1-3H3,(H,26,30)(H,27,31). The minimum Gasteiger partial charge on any atom is -0.483 e. The molecule has 32 heavy (non-hydrogen) atoms. The normalized spacial score (nSPS) is 14.7. The van der Waals surface area contributed by atoms with E-state index in [4.69, 9.17) is 4.74 Å². The van der Waals surface area contributed by atoms with E-state index in [1.165, 1.54) is 5.69 Å². The predicted octanol–water partition coefficient (Wildman–Crippen LogP) is 2.72. The SMILES string of the molecule is CC(C)(C)c1ccccc1OCC(=O)NNC(=O)CCN1CCN(c2ccccc2)CC1. The third kappa shape index (κ3) is 6.99. The molecule has 2 aromatic rings. The van der Waals surface area contributed by atoms with Crippen LogP contribution in [0.1, 0.15) is 32.8 Å². The van der Waals surface area contributed by atoms with Gasteiger partial charge >= 0.3 is 0 Å². The summed E-state index contributed by atoms with van der Waals surface area (Å²) < 4.78 is 5.68. The van der Waals surface area contributed by atoms with Gasteiger partial charge in [-0.25, -0.2) is 0 Å². The van der Waals surface area contributed by atoms with Crippen molar-refractivity contribution in [1.29, 1.82) is 0 Å². The van der Waals surface area contributed by atoms with Gasteiger partial charge in [0.05, 0.1) is 0 Å². The minimum absolute atomic E-state index is 0.0894. The number of hydrogen-bond acceptors (Lipinski definition) is 5. The van der Waals surface area contributed by atoms with Crippen LogP contribution >= 0.6 is 0 Å². The van der Waals surface area contributed by atoms with Crippen molar-refractivity contribution in [1.82, 2.24) is 15.8 Å². The molecule has 0 atom stereocenters. The fourth-order valence-electron chi connectivity index (χ4n) is 3.72. The number of anilines is 1. The van der Waals surface area contributed by atoms with Gasteiger partial charge in [0.25, 0.3) is 5.91 Å². The maximum absolute atomic E-state index is 12.1.